The maximum Gasteiger partial charge on any atom is 0.129 e. The van der Waals surface area contributed by atoms with E-state index in [0.29, 0.717) is 13.0 Å². The monoisotopic (exact) mass is 145 g/mol. The quantitative estimate of drug-likeness (QED) is 0.319. The highest BCUT2D eigenvalue weighted by Crippen LogP contribution is 1.94. The van der Waals surface area contributed by atoms with Crippen molar-refractivity contribution in [2.24, 2.45) is 11.7 Å². The van der Waals surface area contributed by atoms with Crippen molar-refractivity contribution in [1.29, 1.82) is 0 Å². The fourth-order valence-corrected chi connectivity index (χ4v) is 0.668. The summed E-state index contributed by atoms with van der Waals surface area (Å²) >= 11 is 0. The molecule has 10 heavy (non-hydrogen) atoms. The van der Waals surface area contributed by atoms with Crippen molar-refractivity contribution < 1.29 is 4.79 Å². The smallest absolute Gasteiger partial charge is 0.129 e. The van der Waals surface area contributed by atoms with Crippen LogP contribution < -0.4 is 11.7 Å². The van der Waals surface area contributed by atoms with Crippen LogP contribution in [-0.2, 0) is 4.79 Å². The van der Waals surface area contributed by atoms with Gasteiger partial charge in [-0.05, 0) is 19.8 Å². The summed E-state index contributed by atoms with van der Waals surface area (Å²) in [6.45, 7) is 2.23. The summed E-state index contributed by atoms with van der Waals surface area (Å²) < 4.78 is 0. The van der Waals surface area contributed by atoms with Gasteiger partial charge in [0.25, 0.3) is 0 Å². The molecule has 0 amide bonds. The molecule has 0 rings (SSSR count). The molecule has 0 heterocycles. The summed E-state index contributed by atoms with van der Waals surface area (Å²) in [7, 11) is 0. The average molecular weight is 145 g/mol. The lowest BCUT2D eigenvalue weighted by Gasteiger charge is -2.06. The molecule has 4 heteroatoms. The Morgan fingerprint density at radius 1 is 1.40 bits per heavy atom. The number of nitrogens with two attached hydrogens (primary N) is 2. The topological polar surface area (TPSA) is 72.3 Å². The highest BCUT2D eigenvalue weighted by Gasteiger charge is 1.94. The Morgan fingerprint density at radius 2 is 2.00 bits per heavy atom. The molecule has 0 aromatic carbocycles. The van der Waals surface area contributed by atoms with Crippen LogP contribution in [0, 0.1) is 0 Å². The van der Waals surface area contributed by atoms with Crippen LogP contribution in [0.4, 0.5) is 0 Å². The Kier molecular flexibility index (Phi) is 5.10. The minimum Gasteiger partial charge on any atom is -0.300 e. The first kappa shape index (κ1) is 9.55. The van der Waals surface area contributed by atoms with Crippen LogP contribution in [0.15, 0.2) is 0 Å². The first-order valence-corrected chi connectivity index (χ1v) is 3.39. The van der Waals surface area contributed by atoms with Gasteiger partial charge in [-0.1, -0.05) is 0 Å². The molecular formula is C6H15N3O. The van der Waals surface area contributed by atoms with Crippen molar-refractivity contribution in [2.75, 3.05) is 6.54 Å². The van der Waals surface area contributed by atoms with Gasteiger partial charge in [0, 0.05) is 13.0 Å². The van der Waals surface area contributed by atoms with Crippen LogP contribution in [0.3, 0.4) is 0 Å². The molecule has 0 aliphatic heterocycles. The van der Waals surface area contributed by atoms with Crippen molar-refractivity contribution in [2.45, 2.75) is 26.2 Å². The third kappa shape index (κ3) is 7.55. The molecule has 4 N–H and O–H groups in total. The molecule has 0 bridgehead atoms. The van der Waals surface area contributed by atoms with E-state index in [1.54, 1.807) is 6.92 Å². The largest absolute Gasteiger partial charge is 0.300 e. The Balaban J connectivity index is 2.98. The SMILES string of the molecule is CC(=O)CCCCN(N)N. The van der Waals surface area contributed by atoms with E-state index in [1.165, 1.54) is 0 Å². The molecule has 0 aliphatic carbocycles. The maximum atomic E-state index is 10.4. The van der Waals surface area contributed by atoms with Gasteiger partial charge in [-0.3, -0.25) is 11.7 Å². The molecule has 0 saturated carbocycles. The molecule has 0 aromatic heterocycles. The molecule has 0 unspecified atom stereocenters. The Labute approximate surface area is 61.1 Å². The molecule has 0 spiro atoms. The predicted octanol–water partition coefficient (Wildman–Crippen LogP) is -0.205. The van der Waals surface area contributed by atoms with E-state index in [2.05, 4.69) is 0 Å². The molecule has 0 atom stereocenters. The first-order chi connectivity index (χ1) is 4.63. The molecular weight excluding hydrogens is 130 g/mol. The highest BCUT2D eigenvalue weighted by atomic mass is 16.1. The fourth-order valence-electron chi connectivity index (χ4n) is 0.668. The van der Waals surface area contributed by atoms with Gasteiger partial charge in [-0.25, -0.2) is 0 Å². The van der Waals surface area contributed by atoms with Gasteiger partial charge >= 0.3 is 0 Å². The van der Waals surface area contributed by atoms with Crippen LogP contribution in [-0.4, -0.2) is 17.4 Å². The van der Waals surface area contributed by atoms with Gasteiger partial charge in [0.2, 0.25) is 0 Å². The summed E-state index contributed by atoms with van der Waals surface area (Å²) in [4.78, 5) is 10.4. The zero-order chi connectivity index (χ0) is 7.98. The number of carbonyl (C=O) groups is 1. The lowest BCUT2D eigenvalue weighted by molar-refractivity contribution is -0.117. The normalized spacial score (nSPS) is 10.4. The van der Waals surface area contributed by atoms with E-state index < -0.39 is 0 Å². The Hall–Kier alpha value is -0.450. The number of ketones is 1. The van der Waals surface area contributed by atoms with E-state index in [-0.39, 0.29) is 5.78 Å². The van der Waals surface area contributed by atoms with Crippen molar-refractivity contribution in [1.82, 2.24) is 5.12 Å². The van der Waals surface area contributed by atoms with Gasteiger partial charge in [-0.15, -0.1) is 0 Å². The van der Waals surface area contributed by atoms with Gasteiger partial charge in [0.15, 0.2) is 0 Å². The van der Waals surface area contributed by atoms with E-state index >= 15 is 0 Å². The second kappa shape index (κ2) is 5.34. The van der Waals surface area contributed by atoms with Crippen molar-refractivity contribution in [3.63, 3.8) is 0 Å². The summed E-state index contributed by atoms with van der Waals surface area (Å²) in [5.41, 5.74) is 0. The molecule has 4 nitrogen and oxygen atoms in total. The third-order valence-corrected chi connectivity index (χ3v) is 1.20. The van der Waals surface area contributed by atoms with Crippen molar-refractivity contribution in [3.8, 4) is 0 Å². The van der Waals surface area contributed by atoms with Crippen molar-refractivity contribution in [3.05, 3.63) is 0 Å². The van der Waals surface area contributed by atoms with Crippen LogP contribution in [0.1, 0.15) is 26.2 Å². The van der Waals surface area contributed by atoms with E-state index in [1.807, 2.05) is 0 Å². The third-order valence-electron chi connectivity index (χ3n) is 1.20. The lowest BCUT2D eigenvalue weighted by atomic mass is 10.2. The van der Waals surface area contributed by atoms with E-state index in [0.717, 1.165) is 18.0 Å². The minimum atomic E-state index is 0.223. The van der Waals surface area contributed by atoms with Crippen molar-refractivity contribution >= 4 is 5.78 Å². The van der Waals surface area contributed by atoms with Crippen LogP contribution in [0.2, 0.25) is 0 Å². The number of hydrogen-bond acceptors (Lipinski definition) is 4. The van der Waals surface area contributed by atoms with Crippen LogP contribution >= 0.6 is 0 Å². The number of carbonyl (C=O) groups excluding carboxylic acids is 1. The molecule has 0 saturated heterocycles. The number of Topliss-reactive ketones (excluding diaryl/α,β-unsaturated/α-hetero) is 1. The van der Waals surface area contributed by atoms with Crippen LogP contribution in [0.5, 0.6) is 0 Å². The number of rotatable bonds is 5. The first-order valence-electron chi connectivity index (χ1n) is 3.39. The molecule has 0 aromatic rings. The molecule has 0 fully saturated rings. The maximum absolute atomic E-state index is 10.4. The average Bonchev–Trinajstić information content (AvgIpc) is 1.79. The summed E-state index contributed by atoms with van der Waals surface area (Å²) in [5, 5.41) is 1.14. The van der Waals surface area contributed by atoms with Gasteiger partial charge in [-0.2, -0.15) is 5.12 Å². The molecule has 60 valence electrons. The molecule has 0 radical (unpaired) electrons. The standard InChI is InChI=1S/C6H15N3O/c1-6(10)4-2-3-5-9(7)8/h2-5,7-8H2,1H3. The predicted molar refractivity (Wildman–Crippen MR) is 39.6 cm³/mol. The highest BCUT2D eigenvalue weighted by molar-refractivity contribution is 5.75. The summed E-state index contributed by atoms with van der Waals surface area (Å²) in [5.74, 6) is 10.5. The fraction of sp³-hybridized carbons (Fsp3) is 0.833. The zero-order valence-corrected chi connectivity index (χ0v) is 6.34. The summed E-state index contributed by atoms with van der Waals surface area (Å²) in [6.07, 6.45) is 2.39. The van der Waals surface area contributed by atoms with E-state index in [9.17, 15) is 4.79 Å². The van der Waals surface area contributed by atoms with Gasteiger partial charge in [0.05, 0.1) is 0 Å². The zero-order valence-electron chi connectivity index (χ0n) is 6.34. The summed E-state index contributed by atoms with van der Waals surface area (Å²) in [6, 6.07) is 0. The van der Waals surface area contributed by atoms with Gasteiger partial charge < -0.3 is 4.79 Å². The molecule has 0 aliphatic rings. The second-order valence-corrected chi connectivity index (χ2v) is 2.40. The number of hydrazine groups is 2. The van der Waals surface area contributed by atoms with Crippen LogP contribution in [0.25, 0.3) is 0 Å². The van der Waals surface area contributed by atoms with E-state index in [4.69, 9.17) is 11.7 Å². The number of unbranched alkanes of at least 4 members (excludes halogenated alkanes) is 1. The Bertz CT molecular complexity index is 103. The minimum absolute atomic E-state index is 0.223. The number of nitrogens with zero attached hydrogens (tertiary/aromatic N) is 1. The van der Waals surface area contributed by atoms with Gasteiger partial charge in [0.1, 0.15) is 5.78 Å². The lowest BCUT2D eigenvalue weighted by Crippen LogP contribution is -2.38. The Morgan fingerprint density at radius 3 is 2.40 bits per heavy atom. The second-order valence-electron chi connectivity index (χ2n) is 2.40. The number of hydrogen-bond donors (Lipinski definition) is 2.